The van der Waals surface area contributed by atoms with Crippen LogP contribution in [-0.4, -0.2) is 9.78 Å². The molecule has 0 N–H and O–H groups in total. The van der Waals surface area contributed by atoms with E-state index in [0.29, 0.717) is 0 Å². The van der Waals surface area contributed by atoms with E-state index in [-0.39, 0.29) is 12.1 Å². The molecule has 0 aromatic carbocycles. The summed E-state index contributed by atoms with van der Waals surface area (Å²) in [5.74, 6) is 0. The highest BCUT2D eigenvalue weighted by Gasteiger charge is 2.35. The van der Waals surface area contributed by atoms with Crippen LogP contribution in [0.1, 0.15) is 25.1 Å². The summed E-state index contributed by atoms with van der Waals surface area (Å²) >= 11 is 0. The molecule has 0 amide bonds. The highest BCUT2D eigenvalue weighted by Crippen LogP contribution is 2.29. The van der Waals surface area contributed by atoms with Gasteiger partial charge in [0.2, 0.25) is 0 Å². The Morgan fingerprint density at radius 1 is 1.47 bits per heavy atom. The molecule has 1 heterocycles. The van der Waals surface area contributed by atoms with Crippen LogP contribution in [0.3, 0.4) is 0 Å². The zero-order valence-electron chi connectivity index (χ0n) is 8.76. The van der Waals surface area contributed by atoms with Gasteiger partial charge in [-0.05, 0) is 12.5 Å². The van der Waals surface area contributed by atoms with Gasteiger partial charge in [-0.1, -0.05) is 13.8 Å². The van der Waals surface area contributed by atoms with Gasteiger partial charge < -0.3 is 0 Å². The first-order chi connectivity index (χ1) is 6.95. The number of alkyl halides is 3. The summed E-state index contributed by atoms with van der Waals surface area (Å²) in [6.45, 7) is 5.14. The van der Waals surface area contributed by atoms with Gasteiger partial charge in [0.05, 0.1) is 6.07 Å². The van der Waals surface area contributed by atoms with Crippen molar-refractivity contribution in [2.24, 2.45) is 0 Å². The van der Waals surface area contributed by atoms with E-state index in [0.717, 1.165) is 4.68 Å². The summed E-state index contributed by atoms with van der Waals surface area (Å²) in [7, 11) is 0. The largest absolute Gasteiger partial charge is 0.435 e. The van der Waals surface area contributed by atoms with Crippen LogP contribution in [0.5, 0.6) is 0 Å². The lowest BCUT2D eigenvalue weighted by atomic mass is 10.3. The Bertz CT molecular complexity index is 346. The topological polar surface area (TPSA) is 41.6 Å². The SMILES string of the molecule is CC.Cc1cn(CC#N)nc1C(F)(F)F. The van der Waals surface area contributed by atoms with Crippen LogP contribution < -0.4 is 0 Å². The van der Waals surface area contributed by atoms with Crippen molar-refractivity contribution < 1.29 is 13.2 Å². The van der Waals surface area contributed by atoms with Crippen molar-refractivity contribution in [3.05, 3.63) is 17.5 Å². The highest BCUT2D eigenvalue weighted by molar-refractivity contribution is 5.17. The number of rotatable bonds is 1. The van der Waals surface area contributed by atoms with E-state index in [9.17, 15) is 13.2 Å². The molecule has 0 aliphatic rings. The second-order valence-corrected chi connectivity index (χ2v) is 2.51. The second-order valence-electron chi connectivity index (χ2n) is 2.51. The Morgan fingerprint density at radius 3 is 2.33 bits per heavy atom. The summed E-state index contributed by atoms with van der Waals surface area (Å²) in [6.07, 6.45) is -3.24. The maximum Gasteiger partial charge on any atom is 0.435 e. The summed E-state index contributed by atoms with van der Waals surface area (Å²) in [6, 6.07) is 1.71. The minimum absolute atomic E-state index is 0.0303. The summed E-state index contributed by atoms with van der Waals surface area (Å²) in [5, 5.41) is 11.5. The van der Waals surface area contributed by atoms with Crippen molar-refractivity contribution >= 4 is 0 Å². The van der Waals surface area contributed by atoms with Crippen molar-refractivity contribution in [1.82, 2.24) is 9.78 Å². The molecule has 15 heavy (non-hydrogen) atoms. The molecule has 0 atom stereocenters. The molecule has 0 saturated carbocycles. The summed E-state index contributed by atoms with van der Waals surface area (Å²) in [4.78, 5) is 0. The predicted molar refractivity (Wildman–Crippen MR) is 48.9 cm³/mol. The molecule has 6 heteroatoms. The summed E-state index contributed by atoms with van der Waals surface area (Å²) in [5.41, 5.74) is -0.898. The fraction of sp³-hybridized carbons (Fsp3) is 0.556. The molecule has 1 aromatic heterocycles. The average Bonchev–Trinajstić information content (AvgIpc) is 2.50. The van der Waals surface area contributed by atoms with E-state index in [2.05, 4.69) is 5.10 Å². The molecule has 0 unspecified atom stereocenters. The van der Waals surface area contributed by atoms with Crippen molar-refractivity contribution in [2.45, 2.75) is 33.5 Å². The average molecular weight is 219 g/mol. The van der Waals surface area contributed by atoms with Crippen LogP contribution in [0, 0.1) is 18.3 Å². The predicted octanol–water partition coefficient (Wildman–Crippen LogP) is 2.76. The minimum atomic E-state index is -4.44. The fourth-order valence-electron chi connectivity index (χ4n) is 0.955. The Morgan fingerprint density at radius 2 is 2.00 bits per heavy atom. The molecule has 0 radical (unpaired) electrons. The van der Waals surface area contributed by atoms with Gasteiger partial charge in [-0.3, -0.25) is 4.68 Å². The Kier molecular flexibility index (Phi) is 4.85. The van der Waals surface area contributed by atoms with Gasteiger partial charge in [0.15, 0.2) is 5.69 Å². The monoisotopic (exact) mass is 219 g/mol. The minimum Gasteiger partial charge on any atom is -0.258 e. The third-order valence-electron chi connectivity index (χ3n) is 1.45. The molecule has 3 nitrogen and oxygen atoms in total. The molecular weight excluding hydrogens is 207 g/mol. The van der Waals surface area contributed by atoms with E-state index < -0.39 is 11.9 Å². The first-order valence-corrected chi connectivity index (χ1v) is 4.43. The van der Waals surface area contributed by atoms with E-state index in [1.807, 2.05) is 13.8 Å². The quantitative estimate of drug-likeness (QED) is 0.728. The van der Waals surface area contributed by atoms with E-state index in [4.69, 9.17) is 5.26 Å². The number of hydrogen-bond acceptors (Lipinski definition) is 2. The lowest BCUT2D eigenvalue weighted by Crippen LogP contribution is -2.08. The Balaban J connectivity index is 0.000000921. The standard InChI is InChI=1S/C7H6F3N3.C2H6/c1-5-4-13(3-2-11)12-6(5)7(8,9)10;1-2/h4H,3H2,1H3;1-2H3. The number of halogens is 3. The molecule has 0 fully saturated rings. The molecule has 1 aromatic rings. The van der Waals surface area contributed by atoms with Crippen molar-refractivity contribution in [3.8, 4) is 6.07 Å². The first kappa shape index (κ1) is 13.5. The molecule has 0 spiro atoms. The lowest BCUT2D eigenvalue weighted by Gasteiger charge is -2.01. The van der Waals surface area contributed by atoms with Crippen LogP contribution in [0.4, 0.5) is 13.2 Å². The first-order valence-electron chi connectivity index (χ1n) is 4.43. The van der Waals surface area contributed by atoms with Gasteiger partial charge in [0.1, 0.15) is 6.54 Å². The number of nitriles is 1. The molecule has 0 bridgehead atoms. The third-order valence-corrected chi connectivity index (χ3v) is 1.45. The van der Waals surface area contributed by atoms with Crippen molar-refractivity contribution in [2.75, 3.05) is 0 Å². The Labute approximate surface area is 86.1 Å². The summed E-state index contributed by atoms with van der Waals surface area (Å²) < 4.78 is 37.4. The zero-order chi connectivity index (χ0) is 12.1. The smallest absolute Gasteiger partial charge is 0.258 e. The van der Waals surface area contributed by atoms with Crippen LogP contribution in [0.2, 0.25) is 0 Å². The van der Waals surface area contributed by atoms with Crippen molar-refractivity contribution in [1.29, 1.82) is 5.26 Å². The van der Waals surface area contributed by atoms with Gasteiger partial charge in [0, 0.05) is 6.20 Å². The van der Waals surface area contributed by atoms with Gasteiger partial charge in [-0.15, -0.1) is 0 Å². The van der Waals surface area contributed by atoms with Gasteiger partial charge >= 0.3 is 6.18 Å². The van der Waals surface area contributed by atoms with Gasteiger partial charge in [0.25, 0.3) is 0 Å². The van der Waals surface area contributed by atoms with Crippen LogP contribution in [0.25, 0.3) is 0 Å². The van der Waals surface area contributed by atoms with E-state index in [1.54, 1.807) is 6.07 Å². The highest BCUT2D eigenvalue weighted by atomic mass is 19.4. The lowest BCUT2D eigenvalue weighted by molar-refractivity contribution is -0.141. The van der Waals surface area contributed by atoms with Crippen LogP contribution in [-0.2, 0) is 12.7 Å². The van der Waals surface area contributed by atoms with E-state index >= 15 is 0 Å². The van der Waals surface area contributed by atoms with Crippen molar-refractivity contribution in [3.63, 3.8) is 0 Å². The maximum absolute atomic E-state index is 12.1. The second kappa shape index (κ2) is 5.39. The third kappa shape index (κ3) is 3.62. The van der Waals surface area contributed by atoms with Gasteiger partial charge in [-0.25, -0.2) is 0 Å². The zero-order valence-corrected chi connectivity index (χ0v) is 8.76. The number of aryl methyl sites for hydroxylation is 1. The molecule has 0 saturated heterocycles. The normalized spacial score (nSPS) is 10.2. The molecule has 84 valence electrons. The molecule has 0 aliphatic carbocycles. The van der Waals surface area contributed by atoms with Crippen LogP contribution >= 0.6 is 0 Å². The van der Waals surface area contributed by atoms with Gasteiger partial charge in [-0.2, -0.15) is 23.5 Å². The molecule has 1 rings (SSSR count). The number of aromatic nitrogens is 2. The fourth-order valence-corrected chi connectivity index (χ4v) is 0.955. The molecular formula is C9H12F3N3. The van der Waals surface area contributed by atoms with E-state index in [1.165, 1.54) is 13.1 Å². The molecule has 0 aliphatic heterocycles. The number of nitrogens with zero attached hydrogens (tertiary/aromatic N) is 3. The number of hydrogen-bond donors (Lipinski definition) is 0. The maximum atomic E-state index is 12.1. The van der Waals surface area contributed by atoms with Crippen LogP contribution in [0.15, 0.2) is 6.20 Å². The Hall–Kier alpha value is -1.51.